The fraction of sp³-hybridized carbons (Fsp3) is 0.556. The van der Waals surface area contributed by atoms with E-state index in [2.05, 4.69) is 6.07 Å². The van der Waals surface area contributed by atoms with E-state index in [0.717, 1.165) is 42.9 Å². The van der Waals surface area contributed by atoms with Gasteiger partial charge in [0.15, 0.2) is 0 Å². The van der Waals surface area contributed by atoms with Crippen molar-refractivity contribution in [3.05, 3.63) is 29.3 Å². The van der Waals surface area contributed by atoms with Crippen molar-refractivity contribution in [1.82, 2.24) is 9.88 Å². The molecule has 4 nitrogen and oxygen atoms in total. The third kappa shape index (κ3) is 3.40. The van der Waals surface area contributed by atoms with Crippen LogP contribution in [0.1, 0.15) is 43.2 Å². The Morgan fingerprint density at radius 2 is 2.13 bits per heavy atom. The number of likely N-dealkylation sites (tertiary alicyclic amines) is 1. The Kier molecular flexibility index (Phi) is 4.31. The Labute approximate surface area is 140 Å². The molecule has 1 atom stereocenters. The minimum Gasteiger partial charge on any atom is -0.371 e. The number of benzene rings is 1. The molecule has 1 aromatic heterocycles. The van der Waals surface area contributed by atoms with E-state index in [1.54, 1.807) is 11.3 Å². The number of hydrogen-bond acceptors (Lipinski definition) is 4. The number of nitrogens with zero attached hydrogens (tertiary/aromatic N) is 2. The quantitative estimate of drug-likeness (QED) is 0.838. The minimum absolute atomic E-state index is 0.120. The van der Waals surface area contributed by atoms with Crippen LogP contribution in [0.3, 0.4) is 0 Å². The average molecular weight is 330 g/mol. The lowest BCUT2D eigenvalue weighted by Gasteiger charge is -2.34. The Morgan fingerprint density at radius 3 is 2.96 bits per heavy atom. The van der Waals surface area contributed by atoms with Gasteiger partial charge in [0.05, 0.1) is 22.9 Å². The molecule has 1 aliphatic carbocycles. The summed E-state index contributed by atoms with van der Waals surface area (Å²) in [5, 5.41) is 1.07. The maximum Gasteiger partial charge on any atom is 0.249 e. The monoisotopic (exact) mass is 330 g/mol. The van der Waals surface area contributed by atoms with Crippen molar-refractivity contribution < 1.29 is 9.53 Å². The summed E-state index contributed by atoms with van der Waals surface area (Å²) in [7, 11) is 0. The van der Waals surface area contributed by atoms with Gasteiger partial charge in [-0.25, -0.2) is 4.98 Å². The molecule has 122 valence electrons. The van der Waals surface area contributed by atoms with E-state index in [-0.39, 0.29) is 18.6 Å². The molecule has 1 saturated carbocycles. The third-order valence-corrected chi connectivity index (χ3v) is 5.83. The highest BCUT2D eigenvalue weighted by Crippen LogP contribution is 2.35. The van der Waals surface area contributed by atoms with E-state index in [9.17, 15) is 4.79 Å². The average Bonchev–Trinajstić information content (AvgIpc) is 3.30. The van der Waals surface area contributed by atoms with Gasteiger partial charge >= 0.3 is 0 Å². The molecule has 1 amide bonds. The molecule has 1 aromatic carbocycles. The summed E-state index contributed by atoms with van der Waals surface area (Å²) < 4.78 is 6.81. The number of thiazole rings is 1. The number of carbonyl (C=O) groups is 1. The Hall–Kier alpha value is -1.46. The lowest BCUT2D eigenvalue weighted by Crippen LogP contribution is -2.40. The van der Waals surface area contributed by atoms with Crippen LogP contribution in [-0.4, -0.2) is 35.5 Å². The number of amides is 1. The van der Waals surface area contributed by atoms with Gasteiger partial charge in [-0.3, -0.25) is 4.79 Å². The molecule has 1 saturated heterocycles. The summed E-state index contributed by atoms with van der Waals surface area (Å²) in [6.07, 6.45) is 5.76. The number of piperidine rings is 1. The van der Waals surface area contributed by atoms with Crippen molar-refractivity contribution in [3.8, 4) is 0 Å². The second-order valence-electron chi connectivity index (χ2n) is 6.58. The lowest BCUT2D eigenvalue weighted by molar-refractivity contribution is -0.140. The standard InChI is InChI=1S/C18H22N2O2S/c21-17(12-22-11-13-8-9-13)20-10-4-3-6-15(20)18-19-14-5-1-2-7-16(14)23-18/h1-2,5,7,13,15H,3-4,6,8-12H2. The van der Waals surface area contributed by atoms with E-state index < -0.39 is 0 Å². The van der Waals surface area contributed by atoms with Crippen molar-refractivity contribution in [2.75, 3.05) is 19.8 Å². The minimum atomic E-state index is 0.120. The molecule has 0 bridgehead atoms. The normalized spacial score (nSPS) is 21.7. The van der Waals surface area contributed by atoms with Crippen LogP contribution in [0.15, 0.2) is 24.3 Å². The van der Waals surface area contributed by atoms with Crippen molar-refractivity contribution in [1.29, 1.82) is 0 Å². The topological polar surface area (TPSA) is 42.4 Å². The van der Waals surface area contributed by atoms with Gasteiger partial charge in [0.2, 0.25) is 5.91 Å². The molecule has 2 aromatic rings. The first-order chi connectivity index (χ1) is 11.3. The SMILES string of the molecule is O=C(COCC1CC1)N1CCCCC1c1nc2ccccc2s1. The second kappa shape index (κ2) is 6.57. The highest BCUT2D eigenvalue weighted by molar-refractivity contribution is 7.18. The predicted octanol–water partition coefficient (Wildman–Crippen LogP) is 3.78. The first-order valence-electron chi connectivity index (χ1n) is 8.54. The molecule has 0 radical (unpaired) electrons. The van der Waals surface area contributed by atoms with Gasteiger partial charge in [0.1, 0.15) is 11.6 Å². The molecule has 5 heteroatoms. The van der Waals surface area contributed by atoms with Crippen LogP contribution in [0.2, 0.25) is 0 Å². The first kappa shape index (κ1) is 15.1. The van der Waals surface area contributed by atoms with Crippen molar-refractivity contribution >= 4 is 27.5 Å². The Balaban J connectivity index is 1.48. The van der Waals surface area contributed by atoms with Crippen LogP contribution in [0.4, 0.5) is 0 Å². The van der Waals surface area contributed by atoms with E-state index in [4.69, 9.17) is 9.72 Å². The molecule has 0 spiro atoms. The zero-order valence-electron chi connectivity index (χ0n) is 13.2. The Bertz CT molecular complexity index is 662. The van der Waals surface area contributed by atoms with Gasteiger partial charge in [0.25, 0.3) is 0 Å². The summed E-state index contributed by atoms with van der Waals surface area (Å²) in [6, 6.07) is 8.33. The van der Waals surface area contributed by atoms with Gasteiger partial charge in [0, 0.05) is 6.54 Å². The van der Waals surface area contributed by atoms with Gasteiger partial charge in [-0.2, -0.15) is 0 Å². The van der Waals surface area contributed by atoms with Gasteiger partial charge < -0.3 is 9.64 Å². The number of rotatable bonds is 5. The zero-order chi connectivity index (χ0) is 15.6. The highest BCUT2D eigenvalue weighted by atomic mass is 32.1. The molecule has 0 N–H and O–H groups in total. The number of fused-ring (bicyclic) bond motifs is 1. The largest absolute Gasteiger partial charge is 0.371 e. The van der Waals surface area contributed by atoms with E-state index in [1.165, 1.54) is 17.5 Å². The van der Waals surface area contributed by atoms with Gasteiger partial charge in [-0.1, -0.05) is 12.1 Å². The second-order valence-corrected chi connectivity index (χ2v) is 7.64. The molecule has 4 rings (SSSR count). The third-order valence-electron chi connectivity index (χ3n) is 4.69. The van der Waals surface area contributed by atoms with Gasteiger partial charge in [-0.15, -0.1) is 11.3 Å². The van der Waals surface area contributed by atoms with Gasteiger partial charge in [-0.05, 0) is 50.2 Å². The number of aromatic nitrogens is 1. The lowest BCUT2D eigenvalue weighted by atomic mass is 10.0. The maximum absolute atomic E-state index is 12.6. The van der Waals surface area contributed by atoms with Crippen LogP contribution in [-0.2, 0) is 9.53 Å². The van der Waals surface area contributed by atoms with Crippen molar-refractivity contribution in [2.45, 2.75) is 38.1 Å². The molecular formula is C18H22N2O2S. The molecule has 2 heterocycles. The summed E-state index contributed by atoms with van der Waals surface area (Å²) in [4.78, 5) is 19.3. The number of carbonyl (C=O) groups excluding carboxylic acids is 1. The van der Waals surface area contributed by atoms with E-state index in [0.29, 0.717) is 5.92 Å². The number of para-hydroxylation sites is 1. The van der Waals surface area contributed by atoms with Crippen LogP contribution in [0.5, 0.6) is 0 Å². The highest BCUT2D eigenvalue weighted by Gasteiger charge is 2.30. The summed E-state index contributed by atoms with van der Waals surface area (Å²) in [5.74, 6) is 0.818. The Morgan fingerprint density at radius 1 is 1.26 bits per heavy atom. The smallest absolute Gasteiger partial charge is 0.249 e. The van der Waals surface area contributed by atoms with E-state index >= 15 is 0 Å². The molecular weight excluding hydrogens is 308 g/mol. The van der Waals surface area contributed by atoms with Crippen LogP contribution < -0.4 is 0 Å². The first-order valence-corrected chi connectivity index (χ1v) is 9.35. The molecule has 2 fully saturated rings. The van der Waals surface area contributed by atoms with Crippen molar-refractivity contribution in [3.63, 3.8) is 0 Å². The van der Waals surface area contributed by atoms with E-state index in [1.807, 2.05) is 23.1 Å². The molecule has 2 aliphatic rings. The van der Waals surface area contributed by atoms with Crippen molar-refractivity contribution in [2.24, 2.45) is 5.92 Å². The zero-order valence-corrected chi connectivity index (χ0v) is 14.1. The summed E-state index contributed by atoms with van der Waals surface area (Å²) >= 11 is 1.72. The summed E-state index contributed by atoms with van der Waals surface area (Å²) in [5.41, 5.74) is 1.04. The molecule has 1 aliphatic heterocycles. The van der Waals surface area contributed by atoms with Crippen LogP contribution >= 0.6 is 11.3 Å². The molecule has 1 unspecified atom stereocenters. The maximum atomic E-state index is 12.6. The fourth-order valence-corrected chi connectivity index (χ4v) is 4.32. The van der Waals surface area contributed by atoms with Crippen LogP contribution in [0.25, 0.3) is 10.2 Å². The van der Waals surface area contributed by atoms with Crippen LogP contribution in [0, 0.1) is 5.92 Å². The fourth-order valence-electron chi connectivity index (χ4n) is 3.20. The predicted molar refractivity (Wildman–Crippen MR) is 91.5 cm³/mol. The molecule has 23 heavy (non-hydrogen) atoms. The number of ether oxygens (including phenoxy) is 1. The number of hydrogen-bond donors (Lipinski definition) is 0. The summed E-state index contributed by atoms with van der Waals surface area (Å²) in [6.45, 7) is 1.79.